The average molecular weight is 648 g/mol. The number of nitrogens with zero attached hydrogens (tertiary/aromatic N) is 4. The van der Waals surface area contributed by atoms with Crippen LogP contribution in [0.25, 0.3) is 0 Å². The Balaban J connectivity index is 0.000000189. The summed E-state index contributed by atoms with van der Waals surface area (Å²) < 4.78 is 0.981. The SMILES string of the molecule is CC(C)[C@@H](CN1CCC1)N(C)C(=O)c1ccc(Cl)cc1.CN(C(=O)c1ccc(Br)cc1)[C@H](CN1CC(O)C1)C1CC1. The van der Waals surface area contributed by atoms with Crippen molar-refractivity contribution in [2.75, 3.05) is 53.4 Å². The van der Waals surface area contributed by atoms with E-state index < -0.39 is 0 Å². The number of likely N-dealkylation sites (N-methyl/N-ethyl adjacent to an activating group) is 2. The predicted octanol–water partition coefficient (Wildman–Crippen LogP) is 5.12. The second-order valence-electron chi connectivity index (χ2n) is 12.1. The fourth-order valence-corrected chi connectivity index (χ4v) is 5.92. The molecule has 3 fully saturated rings. The van der Waals surface area contributed by atoms with Gasteiger partial charge in [-0.25, -0.2) is 0 Å². The van der Waals surface area contributed by atoms with Crippen molar-refractivity contribution in [2.24, 2.45) is 11.8 Å². The quantitative estimate of drug-likeness (QED) is 0.388. The molecule has 0 unspecified atom stereocenters. The Morgan fingerprint density at radius 2 is 1.44 bits per heavy atom. The Labute approximate surface area is 258 Å². The Kier molecular flexibility index (Phi) is 11.3. The first-order chi connectivity index (χ1) is 19.5. The molecule has 2 aromatic rings. The summed E-state index contributed by atoms with van der Waals surface area (Å²) >= 11 is 9.27. The molecule has 0 bridgehead atoms. The van der Waals surface area contributed by atoms with Crippen LogP contribution >= 0.6 is 27.5 Å². The standard InChI is InChI=1S/C16H21BrN2O2.C16H23ClN2O/c1-18(16(21)12-4-6-13(17)7-5-12)15(11-2-3-11)10-19-8-14(20)9-19;1-12(2)15(11-19-9-4-10-19)18(3)16(20)13-5-7-14(17)8-6-13/h4-7,11,14-15,20H,2-3,8-10H2,1H3;5-8,12,15H,4,9-11H2,1-3H3/t2*15-/m11/s1. The van der Waals surface area contributed by atoms with Gasteiger partial charge in [-0.3, -0.25) is 14.5 Å². The number of amides is 2. The second kappa shape index (κ2) is 14.5. The summed E-state index contributed by atoms with van der Waals surface area (Å²) in [4.78, 5) is 33.6. The number of hydrogen-bond acceptors (Lipinski definition) is 5. The maximum Gasteiger partial charge on any atom is 0.253 e. The summed E-state index contributed by atoms with van der Waals surface area (Å²) in [5.41, 5.74) is 1.43. The van der Waals surface area contributed by atoms with Gasteiger partial charge >= 0.3 is 0 Å². The van der Waals surface area contributed by atoms with Gasteiger partial charge in [0, 0.05) is 73.0 Å². The largest absolute Gasteiger partial charge is 0.390 e. The lowest BCUT2D eigenvalue weighted by atomic mass is 10.00. The molecule has 7 nitrogen and oxygen atoms in total. The van der Waals surface area contributed by atoms with Crippen LogP contribution in [-0.4, -0.2) is 108 Å². The molecular weight excluding hydrogens is 604 g/mol. The number of carbonyl (C=O) groups is 2. The van der Waals surface area contributed by atoms with Crippen LogP contribution in [0.15, 0.2) is 53.0 Å². The number of benzene rings is 2. The van der Waals surface area contributed by atoms with E-state index >= 15 is 0 Å². The smallest absolute Gasteiger partial charge is 0.253 e. The van der Waals surface area contributed by atoms with Crippen LogP contribution in [-0.2, 0) is 0 Å². The number of rotatable bonds is 10. The molecule has 1 saturated carbocycles. The molecule has 41 heavy (non-hydrogen) atoms. The van der Waals surface area contributed by atoms with E-state index in [9.17, 15) is 14.7 Å². The molecule has 2 atom stereocenters. The molecule has 2 saturated heterocycles. The summed E-state index contributed by atoms with van der Waals surface area (Å²) in [7, 11) is 3.81. The van der Waals surface area contributed by atoms with E-state index in [0.29, 0.717) is 22.4 Å². The number of aliphatic hydroxyl groups is 1. The van der Waals surface area contributed by atoms with Gasteiger partial charge in [-0.1, -0.05) is 41.4 Å². The van der Waals surface area contributed by atoms with Gasteiger partial charge in [0.1, 0.15) is 0 Å². The van der Waals surface area contributed by atoms with Gasteiger partial charge in [-0.2, -0.15) is 0 Å². The van der Waals surface area contributed by atoms with Crippen LogP contribution < -0.4 is 0 Å². The summed E-state index contributed by atoms with van der Waals surface area (Å²) in [5.74, 6) is 1.21. The maximum absolute atomic E-state index is 12.6. The van der Waals surface area contributed by atoms with Crippen molar-refractivity contribution in [3.63, 3.8) is 0 Å². The minimum Gasteiger partial charge on any atom is -0.390 e. The third kappa shape index (κ3) is 8.77. The van der Waals surface area contributed by atoms with Crippen molar-refractivity contribution in [1.82, 2.24) is 19.6 Å². The van der Waals surface area contributed by atoms with Crippen molar-refractivity contribution in [2.45, 2.75) is 51.3 Å². The van der Waals surface area contributed by atoms with Gasteiger partial charge in [-0.15, -0.1) is 0 Å². The fourth-order valence-electron chi connectivity index (χ4n) is 5.53. The molecule has 2 amide bonds. The average Bonchev–Trinajstić information content (AvgIpc) is 3.75. The molecule has 3 aliphatic rings. The third-order valence-electron chi connectivity index (χ3n) is 8.53. The lowest BCUT2D eigenvalue weighted by molar-refractivity contribution is -0.0127. The van der Waals surface area contributed by atoms with Crippen molar-refractivity contribution >= 4 is 39.3 Å². The second-order valence-corrected chi connectivity index (χ2v) is 13.4. The lowest BCUT2D eigenvalue weighted by Gasteiger charge is -2.40. The molecule has 2 heterocycles. The minimum absolute atomic E-state index is 0.0703. The molecule has 9 heteroatoms. The van der Waals surface area contributed by atoms with Gasteiger partial charge in [-0.05, 0) is 92.7 Å². The number of β-amino-alcohol motifs (C(OH)–C–C–N with tert-alkyl or cyclic N) is 1. The van der Waals surface area contributed by atoms with E-state index in [0.717, 1.165) is 49.3 Å². The van der Waals surface area contributed by atoms with Crippen molar-refractivity contribution in [1.29, 1.82) is 0 Å². The number of likely N-dealkylation sites (tertiary alicyclic amines) is 2. The fraction of sp³-hybridized carbons (Fsp3) is 0.562. The van der Waals surface area contributed by atoms with Crippen LogP contribution in [0.4, 0.5) is 0 Å². The molecule has 2 aromatic carbocycles. The van der Waals surface area contributed by atoms with Crippen LogP contribution in [0.2, 0.25) is 5.02 Å². The molecule has 0 radical (unpaired) electrons. The van der Waals surface area contributed by atoms with Crippen molar-refractivity contribution < 1.29 is 14.7 Å². The highest BCUT2D eigenvalue weighted by molar-refractivity contribution is 9.10. The molecule has 0 aromatic heterocycles. The van der Waals surface area contributed by atoms with E-state index in [1.807, 2.05) is 48.2 Å². The Morgan fingerprint density at radius 1 is 0.902 bits per heavy atom. The van der Waals surface area contributed by atoms with Crippen LogP contribution in [0, 0.1) is 11.8 Å². The first kappa shape index (κ1) is 32.0. The number of halogens is 2. The molecule has 2 aliphatic heterocycles. The van der Waals surface area contributed by atoms with Gasteiger partial charge in [0.15, 0.2) is 0 Å². The van der Waals surface area contributed by atoms with Crippen LogP contribution in [0.3, 0.4) is 0 Å². The highest BCUT2D eigenvalue weighted by atomic mass is 79.9. The van der Waals surface area contributed by atoms with Gasteiger partial charge in [0.2, 0.25) is 0 Å². The van der Waals surface area contributed by atoms with Gasteiger partial charge < -0.3 is 19.8 Å². The molecule has 1 aliphatic carbocycles. The summed E-state index contributed by atoms with van der Waals surface area (Å²) in [5, 5.41) is 10.1. The third-order valence-corrected chi connectivity index (χ3v) is 9.31. The minimum atomic E-state index is -0.183. The maximum atomic E-state index is 12.6. The molecule has 5 rings (SSSR count). The van der Waals surface area contributed by atoms with E-state index in [-0.39, 0.29) is 30.0 Å². The van der Waals surface area contributed by atoms with Crippen LogP contribution in [0.1, 0.15) is 53.8 Å². The number of carbonyl (C=O) groups excluding carboxylic acids is 2. The first-order valence-corrected chi connectivity index (χ1v) is 15.9. The molecular formula is C32H44BrClN4O3. The number of hydrogen-bond donors (Lipinski definition) is 1. The first-order valence-electron chi connectivity index (χ1n) is 14.7. The lowest BCUT2D eigenvalue weighted by Crippen LogP contribution is -2.56. The van der Waals surface area contributed by atoms with Gasteiger partial charge in [0.25, 0.3) is 11.8 Å². The Bertz CT molecular complexity index is 1150. The van der Waals surface area contributed by atoms with E-state index in [4.69, 9.17) is 11.6 Å². The molecule has 1 N–H and O–H groups in total. The highest BCUT2D eigenvalue weighted by Gasteiger charge is 2.39. The Morgan fingerprint density at radius 3 is 1.90 bits per heavy atom. The molecule has 0 spiro atoms. The van der Waals surface area contributed by atoms with E-state index in [1.54, 1.807) is 24.3 Å². The topological polar surface area (TPSA) is 67.3 Å². The molecule has 224 valence electrons. The zero-order valence-electron chi connectivity index (χ0n) is 24.7. The van der Waals surface area contributed by atoms with E-state index in [2.05, 4.69) is 39.6 Å². The summed E-state index contributed by atoms with van der Waals surface area (Å²) in [6.45, 7) is 9.99. The zero-order valence-corrected chi connectivity index (χ0v) is 27.0. The monoisotopic (exact) mass is 646 g/mol. The van der Waals surface area contributed by atoms with Crippen molar-refractivity contribution in [3.05, 3.63) is 69.2 Å². The number of aliphatic hydroxyl groups excluding tert-OH is 1. The van der Waals surface area contributed by atoms with E-state index in [1.165, 1.54) is 19.3 Å². The van der Waals surface area contributed by atoms with Crippen molar-refractivity contribution in [3.8, 4) is 0 Å². The normalized spacial score (nSPS) is 18.9. The van der Waals surface area contributed by atoms with Crippen LogP contribution in [0.5, 0.6) is 0 Å². The summed E-state index contributed by atoms with van der Waals surface area (Å²) in [6.07, 6.45) is 3.51. The predicted molar refractivity (Wildman–Crippen MR) is 168 cm³/mol. The Hall–Kier alpha value is -1.97. The van der Waals surface area contributed by atoms with Gasteiger partial charge in [0.05, 0.1) is 6.10 Å². The zero-order chi connectivity index (χ0) is 29.7. The summed E-state index contributed by atoms with van der Waals surface area (Å²) in [6, 6.07) is 15.2. The highest BCUT2D eigenvalue weighted by Crippen LogP contribution is 2.36.